The molecule has 2 aliphatic rings. The average Bonchev–Trinajstić information content (AvgIpc) is 2.62. The van der Waals surface area contributed by atoms with Crippen molar-refractivity contribution < 1.29 is 4.74 Å². The van der Waals surface area contributed by atoms with Crippen molar-refractivity contribution in [3.05, 3.63) is 48.2 Å². The lowest BCUT2D eigenvalue weighted by atomic mass is 9.71. The van der Waals surface area contributed by atoms with Gasteiger partial charge in [0.25, 0.3) is 0 Å². The van der Waals surface area contributed by atoms with Crippen LogP contribution < -0.4 is 10.2 Å². The van der Waals surface area contributed by atoms with E-state index in [1.165, 1.54) is 18.4 Å². The first-order chi connectivity index (χ1) is 11.9. The summed E-state index contributed by atoms with van der Waals surface area (Å²) in [6.07, 6.45) is 4.37. The standard InChI is InChI=1S/C19H24N4O/c1-2-4-16(5-3-1)17-12-15(13-17)14-21-18-6-7-20-19(22-18)23-8-10-24-11-9-23/h1-7,15,17H,8-14H2,(H,20,21,22). The van der Waals surface area contributed by atoms with E-state index in [0.717, 1.165) is 56.5 Å². The number of hydrogen-bond acceptors (Lipinski definition) is 5. The van der Waals surface area contributed by atoms with E-state index >= 15 is 0 Å². The minimum Gasteiger partial charge on any atom is -0.378 e. The smallest absolute Gasteiger partial charge is 0.227 e. The molecule has 1 aromatic carbocycles. The zero-order valence-corrected chi connectivity index (χ0v) is 13.9. The predicted molar refractivity (Wildman–Crippen MR) is 95.5 cm³/mol. The number of ether oxygens (including phenoxy) is 1. The largest absolute Gasteiger partial charge is 0.378 e. The summed E-state index contributed by atoms with van der Waals surface area (Å²) < 4.78 is 5.39. The van der Waals surface area contributed by atoms with Crippen LogP contribution in [-0.4, -0.2) is 42.8 Å². The highest BCUT2D eigenvalue weighted by atomic mass is 16.5. The van der Waals surface area contributed by atoms with Crippen LogP contribution in [0.1, 0.15) is 24.3 Å². The average molecular weight is 324 g/mol. The number of morpholine rings is 1. The van der Waals surface area contributed by atoms with Crippen LogP contribution in [0.4, 0.5) is 11.8 Å². The van der Waals surface area contributed by atoms with Crippen LogP contribution >= 0.6 is 0 Å². The van der Waals surface area contributed by atoms with Gasteiger partial charge < -0.3 is 15.0 Å². The molecule has 24 heavy (non-hydrogen) atoms. The van der Waals surface area contributed by atoms with Crippen LogP contribution in [-0.2, 0) is 4.74 Å². The molecule has 1 aliphatic heterocycles. The third kappa shape index (κ3) is 3.51. The molecule has 0 atom stereocenters. The molecule has 2 fully saturated rings. The lowest BCUT2D eigenvalue weighted by Gasteiger charge is -2.36. The zero-order chi connectivity index (χ0) is 16.2. The molecule has 0 unspecified atom stereocenters. The van der Waals surface area contributed by atoms with Crippen molar-refractivity contribution in [1.82, 2.24) is 9.97 Å². The Morgan fingerprint density at radius 1 is 1.08 bits per heavy atom. The minimum absolute atomic E-state index is 0.729. The molecule has 0 bridgehead atoms. The van der Waals surface area contributed by atoms with Gasteiger partial charge in [-0.25, -0.2) is 4.98 Å². The number of benzene rings is 1. The summed E-state index contributed by atoms with van der Waals surface area (Å²) in [5.74, 6) is 3.19. The number of nitrogens with zero attached hydrogens (tertiary/aromatic N) is 3. The first-order valence-corrected chi connectivity index (χ1v) is 8.83. The zero-order valence-electron chi connectivity index (χ0n) is 13.9. The SMILES string of the molecule is c1ccc(C2CC(CNc3ccnc(N4CCOCC4)n3)C2)cc1. The summed E-state index contributed by atoms with van der Waals surface area (Å²) in [7, 11) is 0. The van der Waals surface area contributed by atoms with Gasteiger partial charge in [-0.2, -0.15) is 4.98 Å². The number of hydrogen-bond donors (Lipinski definition) is 1. The molecular formula is C19H24N4O. The molecule has 5 nitrogen and oxygen atoms in total. The van der Waals surface area contributed by atoms with Crippen molar-refractivity contribution in [2.24, 2.45) is 5.92 Å². The van der Waals surface area contributed by atoms with Crippen molar-refractivity contribution in [2.75, 3.05) is 43.1 Å². The summed E-state index contributed by atoms with van der Waals surface area (Å²) >= 11 is 0. The Balaban J connectivity index is 1.28. The Kier molecular flexibility index (Phi) is 4.60. The lowest BCUT2D eigenvalue weighted by Crippen LogP contribution is -2.37. The second-order valence-corrected chi connectivity index (χ2v) is 6.67. The molecule has 1 N–H and O–H groups in total. The summed E-state index contributed by atoms with van der Waals surface area (Å²) in [5, 5.41) is 3.49. The Morgan fingerprint density at radius 2 is 1.88 bits per heavy atom. The highest BCUT2D eigenvalue weighted by molar-refractivity contribution is 5.41. The normalized spacial score (nSPS) is 23.6. The van der Waals surface area contributed by atoms with E-state index < -0.39 is 0 Å². The van der Waals surface area contributed by atoms with Gasteiger partial charge in [0.15, 0.2) is 0 Å². The van der Waals surface area contributed by atoms with Gasteiger partial charge >= 0.3 is 0 Å². The fourth-order valence-electron chi connectivity index (χ4n) is 3.51. The monoisotopic (exact) mass is 324 g/mol. The summed E-state index contributed by atoms with van der Waals surface area (Å²) in [6, 6.07) is 12.8. The van der Waals surface area contributed by atoms with Crippen molar-refractivity contribution in [3.63, 3.8) is 0 Å². The van der Waals surface area contributed by atoms with E-state index in [1.807, 2.05) is 12.3 Å². The third-order valence-electron chi connectivity index (χ3n) is 5.02. The minimum atomic E-state index is 0.729. The Bertz CT molecular complexity index is 651. The number of anilines is 2. The molecule has 126 valence electrons. The molecule has 2 aromatic rings. The molecule has 0 amide bonds. The Morgan fingerprint density at radius 3 is 2.67 bits per heavy atom. The quantitative estimate of drug-likeness (QED) is 0.916. The maximum atomic E-state index is 5.39. The van der Waals surface area contributed by atoms with Gasteiger partial charge in [-0.05, 0) is 36.3 Å². The first-order valence-electron chi connectivity index (χ1n) is 8.83. The van der Waals surface area contributed by atoms with E-state index in [2.05, 4.69) is 50.5 Å². The number of aromatic nitrogens is 2. The van der Waals surface area contributed by atoms with Gasteiger partial charge in [0.05, 0.1) is 13.2 Å². The van der Waals surface area contributed by atoms with Crippen LogP contribution in [0.3, 0.4) is 0 Å². The first kappa shape index (κ1) is 15.4. The van der Waals surface area contributed by atoms with Gasteiger partial charge in [-0.15, -0.1) is 0 Å². The predicted octanol–water partition coefficient (Wildman–Crippen LogP) is 2.92. The molecule has 2 heterocycles. The van der Waals surface area contributed by atoms with Crippen molar-refractivity contribution in [1.29, 1.82) is 0 Å². The maximum Gasteiger partial charge on any atom is 0.227 e. The molecule has 0 spiro atoms. The van der Waals surface area contributed by atoms with Gasteiger partial charge in [0.2, 0.25) is 5.95 Å². The van der Waals surface area contributed by atoms with E-state index in [4.69, 9.17) is 4.74 Å². The molecule has 5 heteroatoms. The lowest BCUT2D eigenvalue weighted by molar-refractivity contribution is 0.122. The van der Waals surface area contributed by atoms with Crippen LogP contribution in [0.25, 0.3) is 0 Å². The van der Waals surface area contributed by atoms with Crippen molar-refractivity contribution in [2.45, 2.75) is 18.8 Å². The molecular weight excluding hydrogens is 300 g/mol. The van der Waals surface area contributed by atoms with Crippen LogP contribution in [0.15, 0.2) is 42.6 Å². The Hall–Kier alpha value is -2.14. The summed E-state index contributed by atoms with van der Waals surface area (Å²) in [4.78, 5) is 11.2. The fourth-order valence-corrected chi connectivity index (χ4v) is 3.51. The highest BCUT2D eigenvalue weighted by Crippen LogP contribution is 2.41. The molecule has 4 rings (SSSR count). The summed E-state index contributed by atoms with van der Waals surface area (Å²) in [5.41, 5.74) is 1.48. The fraction of sp³-hybridized carbons (Fsp3) is 0.474. The molecule has 1 aliphatic carbocycles. The van der Waals surface area contributed by atoms with Crippen molar-refractivity contribution >= 4 is 11.8 Å². The molecule has 1 saturated heterocycles. The van der Waals surface area contributed by atoms with Gasteiger partial charge in [0.1, 0.15) is 5.82 Å². The van der Waals surface area contributed by atoms with Gasteiger partial charge in [-0.3, -0.25) is 0 Å². The second kappa shape index (κ2) is 7.18. The van der Waals surface area contributed by atoms with Gasteiger partial charge in [0, 0.05) is 25.8 Å². The number of rotatable bonds is 5. The topological polar surface area (TPSA) is 50.3 Å². The van der Waals surface area contributed by atoms with E-state index in [-0.39, 0.29) is 0 Å². The maximum absolute atomic E-state index is 5.39. The Labute approximate surface area is 143 Å². The molecule has 1 saturated carbocycles. The van der Waals surface area contributed by atoms with Gasteiger partial charge in [-0.1, -0.05) is 30.3 Å². The molecule has 1 aromatic heterocycles. The molecule has 0 radical (unpaired) electrons. The van der Waals surface area contributed by atoms with E-state index in [0.29, 0.717) is 0 Å². The van der Waals surface area contributed by atoms with E-state index in [9.17, 15) is 0 Å². The van der Waals surface area contributed by atoms with Crippen LogP contribution in [0.5, 0.6) is 0 Å². The third-order valence-corrected chi connectivity index (χ3v) is 5.02. The van der Waals surface area contributed by atoms with E-state index in [1.54, 1.807) is 0 Å². The van der Waals surface area contributed by atoms with Crippen molar-refractivity contribution in [3.8, 4) is 0 Å². The summed E-state index contributed by atoms with van der Waals surface area (Å²) in [6.45, 7) is 4.23. The highest BCUT2D eigenvalue weighted by Gasteiger charge is 2.29. The van der Waals surface area contributed by atoms with Crippen LogP contribution in [0.2, 0.25) is 0 Å². The van der Waals surface area contributed by atoms with Crippen LogP contribution in [0, 0.1) is 5.92 Å². The number of nitrogens with one attached hydrogen (secondary N) is 1. The second-order valence-electron chi connectivity index (χ2n) is 6.67.